The van der Waals surface area contributed by atoms with E-state index in [9.17, 15) is 64.2 Å². The minimum atomic E-state index is -1.95. The number of aliphatic imine (C=N–C) groups is 1. The van der Waals surface area contributed by atoms with E-state index in [0.717, 1.165) is 16.8 Å². The highest BCUT2D eigenvalue weighted by Gasteiger charge is 2.55. The van der Waals surface area contributed by atoms with Crippen molar-refractivity contribution in [2.24, 2.45) is 28.3 Å². The number of nitrogens with zero attached hydrogens (tertiary/aromatic N) is 3. The molecular weight excluding hydrogens is 967 g/mol. The molecule has 2 fully saturated rings. The molecular formula is C45H69N11O17. The number of ether oxygens (including phenoxy) is 4. The number of rotatable bonds is 25. The summed E-state index contributed by atoms with van der Waals surface area (Å²) in [5.74, 6) is -5.86. The van der Waals surface area contributed by atoms with E-state index in [-0.39, 0.29) is 51.5 Å². The van der Waals surface area contributed by atoms with Crippen LogP contribution >= 0.6 is 0 Å². The van der Waals surface area contributed by atoms with Gasteiger partial charge in [-0.1, -0.05) is 58.0 Å². The fraction of sp³-hybridized carbons (Fsp3) is 0.644. The van der Waals surface area contributed by atoms with Gasteiger partial charge in [0.05, 0.1) is 12.1 Å². The first-order chi connectivity index (χ1) is 34.6. The minimum Gasteiger partial charge on any atom is -0.480 e. The van der Waals surface area contributed by atoms with Gasteiger partial charge in [-0.05, 0) is 30.2 Å². The number of aliphatic hydroxyl groups excluding tert-OH is 4. The van der Waals surface area contributed by atoms with E-state index < -0.39 is 144 Å². The highest BCUT2D eigenvalue weighted by molar-refractivity contribution is 5.94. The molecule has 0 radical (unpaired) electrons. The van der Waals surface area contributed by atoms with Crippen molar-refractivity contribution in [2.75, 3.05) is 33.3 Å². The molecule has 4 heterocycles. The highest BCUT2D eigenvalue weighted by atomic mass is 16.7. The number of hydrogen-bond acceptors (Lipinski definition) is 20. The third-order valence-electron chi connectivity index (χ3n) is 12.8. The monoisotopic (exact) mass is 1040 g/mol. The molecule has 0 bridgehead atoms. The Morgan fingerprint density at radius 3 is 2.21 bits per heavy atom. The Hall–Kier alpha value is -6.08. The normalized spacial score (nSPS) is 26.5. The summed E-state index contributed by atoms with van der Waals surface area (Å²) < 4.78 is 24.6. The number of methoxy groups -OCH3 is 1. The van der Waals surface area contributed by atoms with Crippen LogP contribution in [0.25, 0.3) is 0 Å². The minimum absolute atomic E-state index is 0.0241. The molecule has 16 N–H and O–H groups in total. The first-order valence-corrected chi connectivity index (χ1v) is 23.8. The largest absolute Gasteiger partial charge is 0.480 e. The number of nitrogens with two attached hydrogens (primary N) is 2. The molecule has 2 saturated heterocycles. The van der Waals surface area contributed by atoms with Crippen LogP contribution in [0.2, 0.25) is 0 Å². The maximum absolute atomic E-state index is 14.1. The summed E-state index contributed by atoms with van der Waals surface area (Å²) in [7, 11) is 1.24. The standard InChI is InChI=1S/C45H69N11O17/c1-20(2)26(40(64)65)53-44(68)54-27(23-12-15-49-43(47)50-23)38(63)52-28(30(58)21(3)4)37(62)48-14-9-16-55(19-22-10-7-6-8-11-22)29(41(66)67)34(73-42-36(70-5)31(59)24(18-46)71-42)35-32(60)33(61)39(72-35)56-17-13-25(57)51-45(56)69/h6-8,10-11,13,17,20-21,23-24,26-36,39,42,58-61H,9,12,14-16,18-19,46H2,1-5H3,(H,48,62)(H,52,63)(H,64,65)(H,66,67)(H3,47,49,50)(H,51,57,69)(H2,53,54,68)/t23?,24-,26?,27?,28?,29?,30?,31+,32-,33-,34?,35+,36+,39-,42?/m1/s1. The van der Waals surface area contributed by atoms with Crippen molar-refractivity contribution in [3.05, 3.63) is 69.0 Å². The van der Waals surface area contributed by atoms with Crippen LogP contribution in [0.3, 0.4) is 0 Å². The van der Waals surface area contributed by atoms with Gasteiger partial charge in [0.25, 0.3) is 5.56 Å². The summed E-state index contributed by atoms with van der Waals surface area (Å²) in [6, 6.07) is 1.39. The second-order valence-electron chi connectivity index (χ2n) is 18.6. The van der Waals surface area contributed by atoms with Gasteiger partial charge in [-0.3, -0.25) is 38.6 Å². The summed E-state index contributed by atoms with van der Waals surface area (Å²) in [4.78, 5) is 99.2. The third kappa shape index (κ3) is 14.6. The number of benzene rings is 1. The van der Waals surface area contributed by atoms with Crippen molar-refractivity contribution >= 4 is 35.7 Å². The van der Waals surface area contributed by atoms with Crippen molar-refractivity contribution in [3.8, 4) is 0 Å². The van der Waals surface area contributed by atoms with Gasteiger partial charge in [0, 0.05) is 52.1 Å². The predicted molar refractivity (Wildman–Crippen MR) is 255 cm³/mol. The molecule has 4 amide bonds. The number of nitrogens with one attached hydrogen (secondary N) is 6. The number of carboxylic acids is 2. The van der Waals surface area contributed by atoms with Crippen molar-refractivity contribution in [3.63, 3.8) is 0 Å². The Balaban J connectivity index is 1.42. The number of guanidine groups is 1. The van der Waals surface area contributed by atoms with Crippen molar-refractivity contribution < 1.29 is 73.6 Å². The molecule has 2 aromatic rings. The second kappa shape index (κ2) is 26.2. The van der Waals surface area contributed by atoms with Gasteiger partial charge >= 0.3 is 23.7 Å². The Bertz CT molecular complexity index is 2340. The van der Waals surface area contributed by atoms with E-state index in [1.807, 2.05) is 4.98 Å². The number of carbonyl (C=O) groups is 5. The zero-order chi connectivity index (χ0) is 53.8. The Kier molecular flexibility index (Phi) is 20.8. The number of aromatic amines is 1. The highest BCUT2D eigenvalue weighted by Crippen LogP contribution is 2.36. The van der Waals surface area contributed by atoms with Crippen molar-refractivity contribution in [2.45, 2.75) is 139 Å². The number of amides is 4. The molecule has 73 heavy (non-hydrogen) atoms. The molecule has 0 saturated carbocycles. The van der Waals surface area contributed by atoms with E-state index in [0.29, 0.717) is 5.56 Å². The topological polar surface area (TPSA) is 426 Å². The van der Waals surface area contributed by atoms with Crippen molar-refractivity contribution in [1.82, 2.24) is 41.0 Å². The number of carbonyl (C=O) groups excluding carboxylic acids is 3. The van der Waals surface area contributed by atoms with E-state index in [4.69, 9.17) is 30.4 Å². The number of aliphatic hydroxyl groups is 4. The number of carboxylic acid groups (broad SMARTS) is 2. The van der Waals surface area contributed by atoms with E-state index in [1.165, 1.54) is 12.0 Å². The lowest BCUT2D eigenvalue weighted by atomic mass is 9.96. The smallest absolute Gasteiger partial charge is 0.330 e. The molecule has 8 unspecified atom stereocenters. The van der Waals surface area contributed by atoms with Crippen LogP contribution in [0.1, 0.15) is 52.3 Å². The predicted octanol–water partition coefficient (Wildman–Crippen LogP) is -4.98. The van der Waals surface area contributed by atoms with Gasteiger partial charge in [-0.25, -0.2) is 14.4 Å². The number of H-pyrrole nitrogens is 1. The summed E-state index contributed by atoms with van der Waals surface area (Å²) in [5.41, 5.74) is 10.6. The Morgan fingerprint density at radius 2 is 1.62 bits per heavy atom. The van der Waals surface area contributed by atoms with Crippen LogP contribution < -0.4 is 49.3 Å². The van der Waals surface area contributed by atoms with E-state index >= 15 is 0 Å². The first-order valence-electron chi connectivity index (χ1n) is 23.8. The molecule has 5 rings (SSSR count). The number of aromatic nitrogens is 2. The average Bonchev–Trinajstić information content (AvgIpc) is 3.81. The molecule has 3 aliphatic heterocycles. The van der Waals surface area contributed by atoms with Gasteiger partial charge in [0.1, 0.15) is 66.9 Å². The third-order valence-corrected chi connectivity index (χ3v) is 12.8. The quantitative estimate of drug-likeness (QED) is 0.0414. The maximum atomic E-state index is 14.1. The molecule has 1 aromatic heterocycles. The molecule has 406 valence electrons. The van der Waals surface area contributed by atoms with Crippen LogP contribution in [0, 0.1) is 11.8 Å². The van der Waals surface area contributed by atoms with Crippen LogP contribution in [-0.2, 0) is 44.7 Å². The summed E-state index contributed by atoms with van der Waals surface area (Å²) >= 11 is 0. The lowest BCUT2D eigenvalue weighted by Crippen LogP contribution is -2.66. The molecule has 3 aliphatic rings. The van der Waals surface area contributed by atoms with E-state index in [2.05, 4.69) is 31.6 Å². The Morgan fingerprint density at radius 1 is 0.918 bits per heavy atom. The Labute approximate surface area is 418 Å². The van der Waals surface area contributed by atoms with Gasteiger partial charge in [-0.2, -0.15) is 0 Å². The molecule has 28 heteroatoms. The van der Waals surface area contributed by atoms with Crippen LogP contribution in [0.5, 0.6) is 0 Å². The van der Waals surface area contributed by atoms with Gasteiger partial charge in [0.2, 0.25) is 11.8 Å². The van der Waals surface area contributed by atoms with Gasteiger partial charge < -0.3 is 87.6 Å². The molecule has 15 atom stereocenters. The van der Waals surface area contributed by atoms with Gasteiger partial charge in [0.15, 0.2) is 18.5 Å². The zero-order valence-electron chi connectivity index (χ0n) is 41.0. The first kappa shape index (κ1) is 57.8. The SMILES string of the molecule is CO[C@@H]1C(OC(C(C(=O)O)N(CCCNC(=O)C(NC(=O)C(NC(=O)NC(C(=O)O)C(C)C)C2CCN=C(N)N2)C(O)C(C)C)Cc2ccccc2)[C@H]2O[C@@H](n3ccc(=O)[nH]c3=O)[C@H](O)[C@H]2O)O[C@H](CN)[C@@H]1O. The number of urea groups is 1. The lowest BCUT2D eigenvalue weighted by molar-refractivity contribution is -0.238. The fourth-order valence-electron chi connectivity index (χ4n) is 8.80. The van der Waals surface area contributed by atoms with Gasteiger partial charge in [-0.15, -0.1) is 0 Å². The van der Waals surface area contributed by atoms with E-state index in [1.54, 1.807) is 58.0 Å². The average molecular weight is 1040 g/mol. The summed E-state index contributed by atoms with van der Waals surface area (Å²) in [5, 5.41) is 78.9. The second-order valence-corrected chi connectivity index (χ2v) is 18.6. The summed E-state index contributed by atoms with van der Waals surface area (Å²) in [6.45, 7) is 5.81. The fourth-order valence-corrected chi connectivity index (χ4v) is 8.80. The lowest BCUT2D eigenvalue weighted by Gasteiger charge is -2.39. The van der Waals surface area contributed by atoms with Crippen LogP contribution in [0.15, 0.2) is 57.2 Å². The zero-order valence-corrected chi connectivity index (χ0v) is 41.0. The number of hydrogen-bond donors (Lipinski definition) is 14. The van der Waals surface area contributed by atoms with Crippen LogP contribution in [-0.4, -0.2) is 199 Å². The number of aliphatic carboxylic acids is 2. The molecule has 0 aliphatic carbocycles. The molecule has 1 aromatic carbocycles. The molecule has 28 nitrogen and oxygen atoms in total. The maximum Gasteiger partial charge on any atom is 0.330 e. The molecule has 0 spiro atoms. The van der Waals surface area contributed by atoms with Crippen LogP contribution in [0.4, 0.5) is 4.79 Å². The summed E-state index contributed by atoms with van der Waals surface area (Å²) in [6.07, 6.45) is -14.6. The van der Waals surface area contributed by atoms with Crippen molar-refractivity contribution in [1.29, 1.82) is 0 Å².